The Balaban J connectivity index is 0.00000200. The molecule has 0 heterocycles. The second-order valence-corrected chi connectivity index (χ2v) is 5.49. The van der Waals surface area contributed by atoms with Crippen LogP contribution >= 0.6 is 36.4 Å². The highest BCUT2D eigenvalue weighted by atomic mass is 35.5. The number of rotatable bonds is 6. The number of benzene rings is 1. The van der Waals surface area contributed by atoms with E-state index in [1.165, 1.54) is 12.8 Å². The van der Waals surface area contributed by atoms with E-state index in [1.54, 1.807) is 6.07 Å². The van der Waals surface area contributed by atoms with E-state index in [0.717, 1.165) is 11.4 Å². The standard InChI is InChI=1S/C14H20ClN3O.2ClH/c1-9(8-16-2)14(19)18-13-7-10(15)3-6-12(13)17-11-4-5-11;;/h3,6-7,9,11,16-17H,4-5,8H2,1-2H3,(H,18,19);2*1H. The molecule has 1 saturated carbocycles. The summed E-state index contributed by atoms with van der Waals surface area (Å²) in [6.07, 6.45) is 2.37. The van der Waals surface area contributed by atoms with Gasteiger partial charge in [-0.3, -0.25) is 4.79 Å². The highest BCUT2D eigenvalue weighted by Crippen LogP contribution is 2.31. The van der Waals surface area contributed by atoms with Crippen LogP contribution in [-0.2, 0) is 4.79 Å². The number of carbonyl (C=O) groups excluding carboxylic acids is 1. The fraction of sp³-hybridized carbons (Fsp3) is 0.500. The van der Waals surface area contributed by atoms with Crippen LogP contribution in [0.4, 0.5) is 11.4 Å². The average molecular weight is 355 g/mol. The first-order chi connectivity index (χ1) is 9.10. The molecule has 1 amide bonds. The van der Waals surface area contributed by atoms with Crippen molar-refractivity contribution >= 4 is 53.7 Å². The van der Waals surface area contributed by atoms with E-state index in [4.69, 9.17) is 11.6 Å². The molecule has 0 bridgehead atoms. The Morgan fingerprint density at radius 1 is 1.33 bits per heavy atom. The summed E-state index contributed by atoms with van der Waals surface area (Å²) < 4.78 is 0. The number of hydrogen-bond acceptors (Lipinski definition) is 3. The predicted octanol–water partition coefficient (Wildman–Crippen LogP) is 3.55. The van der Waals surface area contributed by atoms with Gasteiger partial charge in [0.1, 0.15) is 0 Å². The van der Waals surface area contributed by atoms with Crippen LogP contribution in [0.1, 0.15) is 19.8 Å². The van der Waals surface area contributed by atoms with Gasteiger partial charge in [0.2, 0.25) is 5.91 Å². The van der Waals surface area contributed by atoms with Crippen LogP contribution in [0.15, 0.2) is 18.2 Å². The minimum Gasteiger partial charge on any atom is -0.381 e. The van der Waals surface area contributed by atoms with Crippen LogP contribution in [0.3, 0.4) is 0 Å². The van der Waals surface area contributed by atoms with Crippen molar-refractivity contribution in [3.63, 3.8) is 0 Å². The number of nitrogens with one attached hydrogen (secondary N) is 3. The molecule has 0 radical (unpaired) electrons. The summed E-state index contributed by atoms with van der Waals surface area (Å²) in [7, 11) is 1.84. The van der Waals surface area contributed by atoms with Crippen molar-refractivity contribution in [3.05, 3.63) is 23.2 Å². The average Bonchev–Trinajstić information content (AvgIpc) is 3.17. The quantitative estimate of drug-likeness (QED) is 0.732. The van der Waals surface area contributed by atoms with Crippen LogP contribution in [0.5, 0.6) is 0 Å². The Bertz CT molecular complexity index is 467. The first-order valence-electron chi connectivity index (χ1n) is 6.61. The molecule has 1 atom stereocenters. The van der Waals surface area contributed by atoms with Gasteiger partial charge in [-0.25, -0.2) is 0 Å². The van der Waals surface area contributed by atoms with E-state index >= 15 is 0 Å². The van der Waals surface area contributed by atoms with Crippen LogP contribution < -0.4 is 16.0 Å². The minimum atomic E-state index is -0.0854. The molecular weight excluding hydrogens is 333 g/mol. The number of halogens is 3. The van der Waals surface area contributed by atoms with Gasteiger partial charge in [0.25, 0.3) is 0 Å². The first-order valence-corrected chi connectivity index (χ1v) is 6.99. The molecule has 1 aromatic rings. The van der Waals surface area contributed by atoms with Crippen molar-refractivity contribution in [1.82, 2.24) is 5.32 Å². The van der Waals surface area contributed by atoms with Gasteiger partial charge in [-0.15, -0.1) is 24.8 Å². The zero-order chi connectivity index (χ0) is 13.8. The Morgan fingerprint density at radius 2 is 2.00 bits per heavy atom. The van der Waals surface area contributed by atoms with Crippen molar-refractivity contribution in [3.8, 4) is 0 Å². The smallest absolute Gasteiger partial charge is 0.228 e. The fourth-order valence-corrected chi connectivity index (χ4v) is 2.02. The fourth-order valence-electron chi connectivity index (χ4n) is 1.85. The zero-order valence-corrected chi connectivity index (χ0v) is 14.5. The maximum absolute atomic E-state index is 12.0. The summed E-state index contributed by atoms with van der Waals surface area (Å²) in [6, 6.07) is 6.07. The topological polar surface area (TPSA) is 53.2 Å². The maximum atomic E-state index is 12.0. The van der Waals surface area contributed by atoms with Crippen LogP contribution in [0.25, 0.3) is 0 Å². The molecule has 1 aliphatic rings. The van der Waals surface area contributed by atoms with E-state index in [-0.39, 0.29) is 36.6 Å². The number of carbonyl (C=O) groups is 1. The van der Waals surface area contributed by atoms with E-state index in [0.29, 0.717) is 17.6 Å². The normalized spacial score (nSPS) is 14.4. The molecule has 7 heteroatoms. The second kappa shape index (κ2) is 9.36. The van der Waals surface area contributed by atoms with Gasteiger partial charge >= 0.3 is 0 Å². The van der Waals surface area contributed by atoms with Gasteiger partial charge in [-0.05, 0) is 38.1 Å². The molecule has 1 aromatic carbocycles. The Hall–Kier alpha value is -0.680. The minimum absolute atomic E-state index is 0. The van der Waals surface area contributed by atoms with Crippen molar-refractivity contribution in [2.75, 3.05) is 24.2 Å². The molecule has 120 valence electrons. The Kier molecular flexibility index (Phi) is 9.06. The van der Waals surface area contributed by atoms with Crippen LogP contribution in [0, 0.1) is 5.92 Å². The predicted molar refractivity (Wildman–Crippen MR) is 94.3 cm³/mol. The van der Waals surface area contributed by atoms with Gasteiger partial charge in [0.05, 0.1) is 11.4 Å². The Labute approximate surface area is 143 Å². The summed E-state index contributed by atoms with van der Waals surface area (Å²) in [6.45, 7) is 2.54. The number of hydrogen-bond donors (Lipinski definition) is 3. The highest BCUT2D eigenvalue weighted by Gasteiger charge is 2.22. The van der Waals surface area contributed by atoms with Crippen LogP contribution in [0.2, 0.25) is 5.02 Å². The molecule has 21 heavy (non-hydrogen) atoms. The number of amides is 1. The number of anilines is 2. The third-order valence-electron chi connectivity index (χ3n) is 3.13. The van der Waals surface area contributed by atoms with Gasteiger partial charge in [-0.1, -0.05) is 18.5 Å². The highest BCUT2D eigenvalue weighted by molar-refractivity contribution is 6.31. The van der Waals surface area contributed by atoms with Gasteiger partial charge in [0.15, 0.2) is 0 Å². The molecule has 3 N–H and O–H groups in total. The molecule has 1 aliphatic carbocycles. The summed E-state index contributed by atoms with van der Waals surface area (Å²) in [5.41, 5.74) is 1.70. The van der Waals surface area contributed by atoms with Gasteiger partial charge in [0, 0.05) is 23.5 Å². The zero-order valence-electron chi connectivity index (χ0n) is 12.1. The van der Waals surface area contributed by atoms with Crippen molar-refractivity contribution < 1.29 is 4.79 Å². The van der Waals surface area contributed by atoms with E-state index in [9.17, 15) is 4.79 Å². The largest absolute Gasteiger partial charge is 0.381 e. The summed E-state index contributed by atoms with van der Waals surface area (Å²) >= 11 is 6.00. The summed E-state index contributed by atoms with van der Waals surface area (Å²) in [5, 5.41) is 9.97. The molecule has 1 fully saturated rings. The first kappa shape index (κ1) is 20.3. The van der Waals surface area contributed by atoms with Gasteiger partial charge < -0.3 is 16.0 Å². The van der Waals surface area contributed by atoms with Crippen molar-refractivity contribution in [2.24, 2.45) is 5.92 Å². The SMILES string of the molecule is CNCC(C)C(=O)Nc1cc(Cl)ccc1NC1CC1.Cl.Cl. The lowest BCUT2D eigenvalue weighted by atomic mass is 10.1. The van der Waals surface area contributed by atoms with E-state index in [2.05, 4.69) is 16.0 Å². The second-order valence-electron chi connectivity index (χ2n) is 5.06. The lowest BCUT2D eigenvalue weighted by molar-refractivity contribution is -0.119. The molecule has 0 saturated heterocycles. The monoisotopic (exact) mass is 353 g/mol. The van der Waals surface area contributed by atoms with E-state index < -0.39 is 0 Å². The molecule has 2 rings (SSSR count). The lowest BCUT2D eigenvalue weighted by Gasteiger charge is -2.16. The summed E-state index contributed by atoms with van der Waals surface area (Å²) in [4.78, 5) is 12.0. The lowest BCUT2D eigenvalue weighted by Crippen LogP contribution is -2.28. The van der Waals surface area contributed by atoms with Crippen molar-refractivity contribution in [1.29, 1.82) is 0 Å². The molecular formula is C14H22Cl3N3O. The third kappa shape index (κ3) is 6.30. The molecule has 0 aliphatic heterocycles. The Morgan fingerprint density at radius 3 is 2.57 bits per heavy atom. The van der Waals surface area contributed by atoms with Crippen LogP contribution in [-0.4, -0.2) is 25.5 Å². The van der Waals surface area contributed by atoms with E-state index in [1.807, 2.05) is 26.1 Å². The molecule has 4 nitrogen and oxygen atoms in total. The third-order valence-corrected chi connectivity index (χ3v) is 3.37. The maximum Gasteiger partial charge on any atom is 0.228 e. The summed E-state index contributed by atoms with van der Waals surface area (Å²) in [5.74, 6) is -0.0896. The van der Waals surface area contributed by atoms with Crippen molar-refractivity contribution in [2.45, 2.75) is 25.8 Å². The molecule has 0 spiro atoms. The molecule has 1 unspecified atom stereocenters. The van der Waals surface area contributed by atoms with Gasteiger partial charge in [-0.2, -0.15) is 0 Å². The molecule has 0 aromatic heterocycles.